The van der Waals surface area contributed by atoms with Gasteiger partial charge in [0.05, 0.1) is 5.38 Å². The lowest BCUT2D eigenvalue weighted by molar-refractivity contribution is -0.116. The minimum atomic E-state index is -0.321. The number of aryl methyl sites for hydroxylation is 1. The van der Waals surface area contributed by atoms with Crippen LogP contribution in [0.2, 0.25) is 5.02 Å². The standard InChI is InChI=1S/C16H12BrCl2NO/c17-11-3-4-13(18)12(8-11)16(19)10-1-5-14-9(7-10)2-6-15(21)20-14/h1,3-5,7-8,16H,2,6H2,(H,20,21). The summed E-state index contributed by atoms with van der Waals surface area (Å²) in [5.41, 5.74) is 3.84. The predicted molar refractivity (Wildman–Crippen MR) is 90.2 cm³/mol. The van der Waals surface area contributed by atoms with Gasteiger partial charge < -0.3 is 5.32 Å². The summed E-state index contributed by atoms with van der Waals surface area (Å²) in [7, 11) is 0. The van der Waals surface area contributed by atoms with E-state index in [-0.39, 0.29) is 11.3 Å². The number of halogens is 3. The zero-order chi connectivity index (χ0) is 15.0. The van der Waals surface area contributed by atoms with Gasteiger partial charge in [-0.3, -0.25) is 4.79 Å². The lowest BCUT2D eigenvalue weighted by Gasteiger charge is -2.19. The fraction of sp³-hybridized carbons (Fsp3) is 0.188. The van der Waals surface area contributed by atoms with Crippen LogP contribution in [0.15, 0.2) is 40.9 Å². The summed E-state index contributed by atoms with van der Waals surface area (Å²) in [5.74, 6) is 0.0627. The zero-order valence-corrected chi connectivity index (χ0v) is 14.1. The number of alkyl halides is 1. The molecule has 1 aliphatic heterocycles. The Kier molecular flexibility index (Phi) is 4.25. The Hall–Kier alpha value is -1.03. The lowest BCUT2D eigenvalue weighted by atomic mass is 9.97. The van der Waals surface area contributed by atoms with E-state index in [0.29, 0.717) is 11.4 Å². The average molecular weight is 385 g/mol. The van der Waals surface area contributed by atoms with Crippen LogP contribution in [0.5, 0.6) is 0 Å². The molecule has 0 saturated heterocycles. The summed E-state index contributed by atoms with van der Waals surface area (Å²) in [6, 6.07) is 11.5. The van der Waals surface area contributed by atoms with Gasteiger partial charge in [0.15, 0.2) is 0 Å². The second-order valence-corrected chi connectivity index (χ2v) is 6.75. The molecule has 1 unspecified atom stereocenters. The number of anilines is 1. The highest BCUT2D eigenvalue weighted by Gasteiger charge is 2.19. The Labute approximate surface area is 141 Å². The van der Waals surface area contributed by atoms with Crippen LogP contribution in [0.4, 0.5) is 5.69 Å². The van der Waals surface area contributed by atoms with Crippen molar-refractivity contribution < 1.29 is 4.79 Å². The summed E-state index contributed by atoms with van der Waals surface area (Å²) in [4.78, 5) is 11.4. The second kappa shape index (κ2) is 5.99. The van der Waals surface area contributed by atoms with E-state index in [1.165, 1.54) is 0 Å². The maximum absolute atomic E-state index is 11.4. The Morgan fingerprint density at radius 2 is 1.95 bits per heavy atom. The fourth-order valence-electron chi connectivity index (χ4n) is 2.45. The van der Waals surface area contributed by atoms with Crippen molar-refractivity contribution in [3.63, 3.8) is 0 Å². The van der Waals surface area contributed by atoms with Crippen molar-refractivity contribution in [1.82, 2.24) is 0 Å². The lowest BCUT2D eigenvalue weighted by Crippen LogP contribution is -2.19. The van der Waals surface area contributed by atoms with Gasteiger partial charge in [-0.15, -0.1) is 11.6 Å². The SMILES string of the molecule is O=C1CCc2cc(C(Cl)c3cc(Br)ccc3Cl)ccc2N1. The highest BCUT2D eigenvalue weighted by Crippen LogP contribution is 2.37. The van der Waals surface area contributed by atoms with E-state index in [1.807, 2.05) is 36.4 Å². The molecule has 5 heteroatoms. The van der Waals surface area contributed by atoms with Crippen molar-refractivity contribution in [2.45, 2.75) is 18.2 Å². The minimum absolute atomic E-state index is 0.0627. The molecule has 0 fully saturated rings. The molecule has 108 valence electrons. The van der Waals surface area contributed by atoms with Gasteiger partial charge in [-0.1, -0.05) is 39.7 Å². The van der Waals surface area contributed by atoms with Crippen LogP contribution in [-0.4, -0.2) is 5.91 Å². The summed E-state index contributed by atoms with van der Waals surface area (Å²) in [6.07, 6.45) is 1.26. The molecule has 2 aromatic carbocycles. The molecular formula is C16H12BrCl2NO. The normalized spacial score (nSPS) is 15.3. The monoisotopic (exact) mass is 383 g/mol. The summed E-state index contributed by atoms with van der Waals surface area (Å²) < 4.78 is 0.942. The summed E-state index contributed by atoms with van der Waals surface area (Å²) in [5, 5.41) is 3.19. The number of nitrogens with one attached hydrogen (secondary N) is 1. The van der Waals surface area contributed by atoms with Gasteiger partial charge in [-0.2, -0.15) is 0 Å². The van der Waals surface area contributed by atoms with Gasteiger partial charge in [0.1, 0.15) is 0 Å². The van der Waals surface area contributed by atoms with E-state index in [1.54, 1.807) is 0 Å². The molecule has 0 bridgehead atoms. The number of amides is 1. The quantitative estimate of drug-likeness (QED) is 0.698. The van der Waals surface area contributed by atoms with Gasteiger partial charge in [0.2, 0.25) is 5.91 Å². The number of hydrogen-bond donors (Lipinski definition) is 1. The first-order valence-corrected chi connectivity index (χ1v) is 8.17. The van der Waals surface area contributed by atoms with Gasteiger partial charge in [-0.05, 0) is 47.4 Å². The number of rotatable bonds is 2. The second-order valence-electron chi connectivity index (χ2n) is 4.99. The molecule has 2 nitrogen and oxygen atoms in total. The van der Waals surface area contributed by atoms with E-state index in [0.717, 1.165) is 33.3 Å². The molecule has 3 rings (SSSR count). The van der Waals surface area contributed by atoms with Crippen LogP contribution < -0.4 is 5.32 Å². The molecule has 0 saturated carbocycles. The van der Waals surface area contributed by atoms with Crippen molar-refractivity contribution in [3.8, 4) is 0 Å². The van der Waals surface area contributed by atoms with Crippen LogP contribution in [-0.2, 0) is 11.2 Å². The topological polar surface area (TPSA) is 29.1 Å². The molecule has 0 spiro atoms. The predicted octanol–water partition coefficient (Wildman–Crippen LogP) is 5.32. The third-order valence-corrected chi connectivity index (χ3v) is 4.87. The number of hydrogen-bond acceptors (Lipinski definition) is 1. The van der Waals surface area contributed by atoms with Crippen LogP contribution in [0.25, 0.3) is 0 Å². The first kappa shape index (κ1) is 14.9. The number of benzene rings is 2. The van der Waals surface area contributed by atoms with E-state index in [2.05, 4.69) is 21.2 Å². The molecule has 0 radical (unpaired) electrons. The molecular weight excluding hydrogens is 373 g/mol. The molecule has 1 atom stereocenters. The van der Waals surface area contributed by atoms with Crippen molar-refractivity contribution in [2.75, 3.05) is 5.32 Å². The largest absolute Gasteiger partial charge is 0.326 e. The molecule has 1 aliphatic rings. The number of carbonyl (C=O) groups excluding carboxylic acids is 1. The first-order valence-electron chi connectivity index (χ1n) is 6.56. The maximum atomic E-state index is 11.4. The highest BCUT2D eigenvalue weighted by molar-refractivity contribution is 9.10. The van der Waals surface area contributed by atoms with Crippen molar-refractivity contribution in [2.24, 2.45) is 0 Å². The highest BCUT2D eigenvalue weighted by atomic mass is 79.9. The summed E-state index contributed by atoms with van der Waals surface area (Å²) in [6.45, 7) is 0. The van der Waals surface area contributed by atoms with Crippen molar-refractivity contribution >= 4 is 50.7 Å². The Bertz CT molecular complexity index is 717. The Balaban J connectivity index is 1.97. The summed E-state index contributed by atoms with van der Waals surface area (Å²) >= 11 is 16.3. The molecule has 2 aromatic rings. The Morgan fingerprint density at radius 1 is 1.14 bits per heavy atom. The van der Waals surface area contributed by atoms with Gasteiger partial charge in [0.25, 0.3) is 0 Å². The van der Waals surface area contributed by atoms with E-state index >= 15 is 0 Å². The maximum Gasteiger partial charge on any atom is 0.224 e. The Morgan fingerprint density at radius 3 is 2.76 bits per heavy atom. The van der Waals surface area contributed by atoms with Gasteiger partial charge in [0, 0.05) is 21.6 Å². The van der Waals surface area contributed by atoms with Crippen LogP contribution >= 0.6 is 39.1 Å². The van der Waals surface area contributed by atoms with Gasteiger partial charge >= 0.3 is 0 Å². The molecule has 0 aliphatic carbocycles. The van der Waals surface area contributed by atoms with E-state index < -0.39 is 0 Å². The van der Waals surface area contributed by atoms with Crippen molar-refractivity contribution in [3.05, 3.63) is 62.6 Å². The third-order valence-electron chi connectivity index (χ3n) is 3.55. The van der Waals surface area contributed by atoms with E-state index in [9.17, 15) is 4.79 Å². The van der Waals surface area contributed by atoms with Crippen LogP contribution in [0, 0.1) is 0 Å². The molecule has 1 heterocycles. The smallest absolute Gasteiger partial charge is 0.224 e. The first-order chi connectivity index (χ1) is 10.0. The van der Waals surface area contributed by atoms with Crippen molar-refractivity contribution in [1.29, 1.82) is 0 Å². The molecule has 21 heavy (non-hydrogen) atoms. The number of fused-ring (bicyclic) bond motifs is 1. The zero-order valence-electron chi connectivity index (χ0n) is 11.0. The third kappa shape index (κ3) is 3.10. The fourth-order valence-corrected chi connectivity index (χ4v) is 3.43. The average Bonchev–Trinajstić information content (AvgIpc) is 2.48. The molecule has 1 N–H and O–H groups in total. The van der Waals surface area contributed by atoms with Crippen LogP contribution in [0.3, 0.4) is 0 Å². The minimum Gasteiger partial charge on any atom is -0.326 e. The van der Waals surface area contributed by atoms with E-state index in [4.69, 9.17) is 23.2 Å². The van der Waals surface area contributed by atoms with Gasteiger partial charge in [-0.25, -0.2) is 0 Å². The molecule has 1 amide bonds. The molecule has 0 aromatic heterocycles. The van der Waals surface area contributed by atoms with Crippen LogP contribution in [0.1, 0.15) is 28.5 Å². The number of carbonyl (C=O) groups is 1.